The van der Waals surface area contributed by atoms with Crippen LogP contribution in [0.25, 0.3) is 0 Å². The van der Waals surface area contributed by atoms with Crippen molar-refractivity contribution in [2.45, 2.75) is 45.8 Å². The number of alkyl carbamates (subject to hydrolysis) is 1. The molecule has 4 N–H and O–H groups in total. The average molecular weight is 396 g/mol. The Bertz CT molecular complexity index is 665. The smallest absolute Gasteiger partial charge is 0.408 e. The molecule has 1 atom stereocenters. The monoisotopic (exact) mass is 396 g/mol. The predicted octanol–water partition coefficient (Wildman–Crippen LogP) is 0.148. The molecule has 0 saturated heterocycles. The number of nitrogens with two attached hydrogens (primary N) is 1. The molecule has 0 aliphatic carbocycles. The number of amides is 3. The van der Waals surface area contributed by atoms with Gasteiger partial charge in [0, 0.05) is 11.8 Å². The minimum Gasteiger partial charge on any atom is -0.465 e. The second-order valence-electron chi connectivity index (χ2n) is 7.03. The molecule has 0 fully saturated rings. The van der Waals surface area contributed by atoms with Crippen molar-refractivity contribution >= 4 is 23.9 Å². The summed E-state index contributed by atoms with van der Waals surface area (Å²) in [5.41, 5.74) is 4.91. The molecule has 28 heavy (non-hydrogen) atoms. The van der Waals surface area contributed by atoms with E-state index in [1.807, 2.05) is 0 Å². The van der Waals surface area contributed by atoms with Crippen LogP contribution in [-0.4, -0.2) is 60.1 Å². The van der Waals surface area contributed by atoms with Crippen molar-refractivity contribution in [3.8, 4) is 0 Å². The topological polar surface area (TPSA) is 140 Å². The van der Waals surface area contributed by atoms with E-state index in [0.717, 1.165) is 0 Å². The SMILES string of the molecule is CCOC(=O)CNC(=O)[C@H](CN1C=CCC(C(N)=O)=C1)NC(=O)OC(C)(C)C. The van der Waals surface area contributed by atoms with Crippen molar-refractivity contribution in [2.75, 3.05) is 19.7 Å². The Morgan fingerprint density at radius 2 is 1.96 bits per heavy atom. The Morgan fingerprint density at radius 1 is 1.29 bits per heavy atom. The number of carbonyl (C=O) groups is 4. The van der Waals surface area contributed by atoms with E-state index in [0.29, 0.717) is 12.0 Å². The van der Waals surface area contributed by atoms with Crippen molar-refractivity contribution in [2.24, 2.45) is 5.73 Å². The maximum absolute atomic E-state index is 12.5. The van der Waals surface area contributed by atoms with E-state index in [9.17, 15) is 19.2 Å². The third-order valence-electron chi connectivity index (χ3n) is 3.39. The number of esters is 1. The molecular weight excluding hydrogens is 368 g/mol. The molecule has 1 heterocycles. The fraction of sp³-hybridized carbons (Fsp3) is 0.556. The van der Waals surface area contributed by atoms with Gasteiger partial charge in [-0.05, 0) is 40.3 Å². The molecule has 3 amide bonds. The molecule has 0 saturated carbocycles. The summed E-state index contributed by atoms with van der Waals surface area (Å²) in [6.07, 6.45) is 4.47. The molecule has 0 unspecified atom stereocenters. The summed E-state index contributed by atoms with van der Waals surface area (Å²) in [5, 5.41) is 4.89. The van der Waals surface area contributed by atoms with Gasteiger partial charge >= 0.3 is 12.1 Å². The number of nitrogens with one attached hydrogen (secondary N) is 2. The molecule has 1 aliphatic heterocycles. The number of rotatable bonds is 8. The minimum absolute atomic E-state index is 0.00117. The van der Waals surface area contributed by atoms with Gasteiger partial charge < -0.3 is 30.7 Å². The molecular formula is C18H28N4O6. The summed E-state index contributed by atoms with van der Waals surface area (Å²) in [7, 11) is 0. The molecule has 10 nitrogen and oxygen atoms in total. The van der Waals surface area contributed by atoms with E-state index >= 15 is 0 Å². The Balaban J connectivity index is 2.84. The van der Waals surface area contributed by atoms with Crippen LogP contribution in [0, 0.1) is 0 Å². The quantitative estimate of drug-likeness (QED) is 0.496. The molecule has 0 aromatic rings. The molecule has 1 rings (SSSR count). The lowest BCUT2D eigenvalue weighted by Gasteiger charge is -2.27. The Morgan fingerprint density at radius 3 is 2.54 bits per heavy atom. The van der Waals surface area contributed by atoms with Gasteiger partial charge in [-0.25, -0.2) is 4.79 Å². The highest BCUT2D eigenvalue weighted by Crippen LogP contribution is 2.12. The summed E-state index contributed by atoms with van der Waals surface area (Å²) in [5.74, 6) is -1.77. The van der Waals surface area contributed by atoms with Crippen LogP contribution in [0.5, 0.6) is 0 Å². The van der Waals surface area contributed by atoms with Gasteiger partial charge in [-0.1, -0.05) is 6.08 Å². The largest absolute Gasteiger partial charge is 0.465 e. The fourth-order valence-electron chi connectivity index (χ4n) is 2.24. The third-order valence-corrected chi connectivity index (χ3v) is 3.39. The lowest BCUT2D eigenvalue weighted by Crippen LogP contribution is -2.53. The molecule has 0 aromatic heterocycles. The van der Waals surface area contributed by atoms with Crippen LogP contribution < -0.4 is 16.4 Å². The average Bonchev–Trinajstić information content (AvgIpc) is 2.58. The standard InChI is InChI=1S/C18H28N4O6/c1-5-27-14(23)9-20-16(25)13(21-17(26)28-18(2,3)4)11-22-8-6-7-12(10-22)15(19)24/h6,8,10,13H,5,7,9,11H2,1-4H3,(H2,19,24)(H,20,25)(H,21,26)/t13-/m0/s1. The van der Waals surface area contributed by atoms with Crippen LogP contribution in [0.3, 0.4) is 0 Å². The van der Waals surface area contributed by atoms with Crippen molar-refractivity contribution < 1.29 is 28.7 Å². The first-order valence-corrected chi connectivity index (χ1v) is 8.87. The number of nitrogens with zero attached hydrogens (tertiary/aromatic N) is 1. The van der Waals surface area contributed by atoms with E-state index in [1.54, 1.807) is 44.9 Å². The first-order valence-electron chi connectivity index (χ1n) is 8.87. The van der Waals surface area contributed by atoms with Crippen LogP contribution in [0.2, 0.25) is 0 Å². The van der Waals surface area contributed by atoms with E-state index in [2.05, 4.69) is 10.6 Å². The van der Waals surface area contributed by atoms with Gasteiger partial charge in [-0.2, -0.15) is 0 Å². The van der Waals surface area contributed by atoms with Gasteiger partial charge in [0.05, 0.1) is 13.2 Å². The van der Waals surface area contributed by atoms with Gasteiger partial charge in [0.15, 0.2) is 0 Å². The number of allylic oxidation sites excluding steroid dienone is 1. The zero-order chi connectivity index (χ0) is 21.3. The zero-order valence-corrected chi connectivity index (χ0v) is 16.6. The summed E-state index contributed by atoms with van der Waals surface area (Å²) in [6.45, 7) is 6.58. The van der Waals surface area contributed by atoms with E-state index in [-0.39, 0.29) is 19.7 Å². The summed E-state index contributed by atoms with van der Waals surface area (Å²) >= 11 is 0. The van der Waals surface area contributed by atoms with E-state index in [4.69, 9.17) is 15.2 Å². The fourth-order valence-corrected chi connectivity index (χ4v) is 2.24. The molecule has 0 spiro atoms. The Kier molecular flexibility index (Phi) is 8.49. The molecule has 0 radical (unpaired) electrons. The van der Waals surface area contributed by atoms with Crippen LogP contribution in [-0.2, 0) is 23.9 Å². The lowest BCUT2D eigenvalue weighted by molar-refractivity contribution is -0.143. The summed E-state index contributed by atoms with van der Waals surface area (Å²) in [4.78, 5) is 49.0. The first kappa shape index (κ1) is 23.0. The molecule has 1 aliphatic rings. The van der Waals surface area contributed by atoms with Gasteiger partial charge in [-0.3, -0.25) is 14.4 Å². The number of ether oxygens (including phenoxy) is 2. The van der Waals surface area contributed by atoms with Gasteiger partial charge in [0.25, 0.3) is 0 Å². The zero-order valence-electron chi connectivity index (χ0n) is 16.6. The van der Waals surface area contributed by atoms with Crippen LogP contribution in [0.1, 0.15) is 34.1 Å². The van der Waals surface area contributed by atoms with Crippen molar-refractivity contribution in [1.82, 2.24) is 15.5 Å². The van der Waals surface area contributed by atoms with Gasteiger partial charge in [-0.15, -0.1) is 0 Å². The number of primary amides is 1. The third kappa shape index (κ3) is 8.56. The maximum atomic E-state index is 12.5. The van der Waals surface area contributed by atoms with E-state index in [1.165, 1.54) is 6.20 Å². The maximum Gasteiger partial charge on any atom is 0.408 e. The second-order valence-corrected chi connectivity index (χ2v) is 7.03. The molecule has 0 bridgehead atoms. The number of carbonyl (C=O) groups excluding carboxylic acids is 4. The summed E-state index contributed by atoms with van der Waals surface area (Å²) in [6, 6.07) is -1.06. The predicted molar refractivity (Wildman–Crippen MR) is 101 cm³/mol. The number of hydrogen-bond donors (Lipinski definition) is 3. The minimum atomic E-state index is -1.06. The highest BCUT2D eigenvalue weighted by Gasteiger charge is 2.26. The normalized spacial score (nSPS) is 14.6. The Hall–Kier alpha value is -3.04. The lowest BCUT2D eigenvalue weighted by atomic mass is 10.1. The van der Waals surface area contributed by atoms with Crippen molar-refractivity contribution in [3.05, 3.63) is 24.0 Å². The van der Waals surface area contributed by atoms with Crippen LogP contribution in [0.15, 0.2) is 24.0 Å². The van der Waals surface area contributed by atoms with Crippen LogP contribution in [0.4, 0.5) is 4.79 Å². The van der Waals surface area contributed by atoms with Gasteiger partial charge in [0.1, 0.15) is 18.2 Å². The highest BCUT2D eigenvalue weighted by atomic mass is 16.6. The highest BCUT2D eigenvalue weighted by molar-refractivity contribution is 5.92. The van der Waals surface area contributed by atoms with Crippen molar-refractivity contribution in [3.63, 3.8) is 0 Å². The molecule has 0 aromatic carbocycles. The Labute approximate surface area is 164 Å². The van der Waals surface area contributed by atoms with Crippen LogP contribution >= 0.6 is 0 Å². The first-order chi connectivity index (χ1) is 13.0. The van der Waals surface area contributed by atoms with Gasteiger partial charge in [0.2, 0.25) is 11.8 Å². The van der Waals surface area contributed by atoms with E-state index < -0.39 is 35.5 Å². The number of hydrogen-bond acceptors (Lipinski definition) is 7. The molecule has 156 valence electrons. The summed E-state index contributed by atoms with van der Waals surface area (Å²) < 4.78 is 9.94. The second kappa shape index (κ2) is 10.3. The molecule has 10 heteroatoms. The van der Waals surface area contributed by atoms with Crippen molar-refractivity contribution in [1.29, 1.82) is 0 Å².